The molecular weight excluding hydrogens is 208 g/mol. The molecule has 0 aliphatic rings. The highest BCUT2D eigenvalue weighted by Crippen LogP contribution is 2.16. The maximum atomic E-state index is 10.6. The van der Waals surface area contributed by atoms with Gasteiger partial charge in [0.2, 0.25) is 0 Å². The fourth-order valence-electron chi connectivity index (χ4n) is 1.64. The van der Waals surface area contributed by atoms with Gasteiger partial charge in [-0.3, -0.25) is 0 Å². The molecule has 0 unspecified atom stereocenters. The highest BCUT2D eigenvalue weighted by atomic mass is 16.6. The monoisotopic (exact) mass is 230 g/mol. The molecule has 0 bridgehead atoms. The third kappa shape index (κ3) is 7.26. The van der Waals surface area contributed by atoms with E-state index in [2.05, 4.69) is 18.6 Å². The molecule has 0 atom stereocenters. The maximum absolute atomic E-state index is 10.6. The summed E-state index contributed by atoms with van der Waals surface area (Å²) in [6, 6.07) is 0. The van der Waals surface area contributed by atoms with E-state index in [1.54, 1.807) is 0 Å². The Balaban J connectivity index is 3.34. The highest BCUT2D eigenvalue weighted by molar-refractivity contribution is 6.28. The lowest BCUT2D eigenvalue weighted by Gasteiger charge is -2.11. The van der Waals surface area contributed by atoms with Gasteiger partial charge in [0, 0.05) is 0 Å². The summed E-state index contributed by atoms with van der Waals surface area (Å²) in [7, 11) is 0. The summed E-state index contributed by atoms with van der Waals surface area (Å²) >= 11 is 0. The minimum Gasteiger partial charge on any atom is -0.473 e. The van der Waals surface area contributed by atoms with Crippen molar-refractivity contribution < 1.29 is 19.4 Å². The smallest absolute Gasteiger partial charge is 0.417 e. The third-order valence-corrected chi connectivity index (χ3v) is 2.82. The molecule has 0 aliphatic heterocycles. The Morgan fingerprint density at radius 3 is 2.25 bits per heavy atom. The molecule has 0 aromatic carbocycles. The molecule has 94 valence electrons. The molecular formula is C12H22O4. The van der Waals surface area contributed by atoms with E-state index in [0.717, 1.165) is 25.2 Å². The van der Waals surface area contributed by atoms with Gasteiger partial charge >= 0.3 is 11.9 Å². The SMILES string of the molecule is CCC(CC)CCCCCOC(=O)C(=O)O. The molecule has 0 spiro atoms. The summed E-state index contributed by atoms with van der Waals surface area (Å²) in [6.45, 7) is 4.61. The highest BCUT2D eigenvalue weighted by Gasteiger charge is 2.11. The number of rotatable bonds is 8. The number of hydrogen-bond acceptors (Lipinski definition) is 3. The van der Waals surface area contributed by atoms with Crippen LogP contribution in [0.25, 0.3) is 0 Å². The van der Waals surface area contributed by atoms with Crippen molar-refractivity contribution in [2.24, 2.45) is 5.92 Å². The fraction of sp³-hybridized carbons (Fsp3) is 0.833. The summed E-state index contributed by atoms with van der Waals surface area (Å²) in [5, 5.41) is 8.25. The summed E-state index contributed by atoms with van der Waals surface area (Å²) < 4.78 is 4.52. The standard InChI is InChI=1S/C12H22O4/c1-3-10(4-2)8-6-5-7-9-16-12(15)11(13)14/h10H,3-9H2,1-2H3,(H,13,14). The number of aliphatic carboxylic acids is 1. The van der Waals surface area contributed by atoms with Crippen molar-refractivity contribution >= 4 is 11.9 Å². The van der Waals surface area contributed by atoms with Gasteiger partial charge in [0.15, 0.2) is 0 Å². The predicted molar refractivity (Wildman–Crippen MR) is 61.1 cm³/mol. The Bertz CT molecular complexity index is 209. The molecule has 16 heavy (non-hydrogen) atoms. The van der Waals surface area contributed by atoms with Gasteiger partial charge in [-0.2, -0.15) is 0 Å². The lowest BCUT2D eigenvalue weighted by atomic mass is 9.96. The lowest BCUT2D eigenvalue weighted by molar-refractivity contribution is -0.163. The van der Waals surface area contributed by atoms with Gasteiger partial charge in [-0.15, -0.1) is 0 Å². The zero-order valence-electron chi connectivity index (χ0n) is 10.2. The van der Waals surface area contributed by atoms with Crippen LogP contribution >= 0.6 is 0 Å². The topological polar surface area (TPSA) is 63.6 Å². The second kappa shape index (κ2) is 9.19. The number of unbranched alkanes of at least 4 members (excludes halogenated alkanes) is 2. The Hall–Kier alpha value is -1.06. The molecule has 4 heteroatoms. The first-order chi connectivity index (χ1) is 7.61. The number of esters is 1. The molecule has 0 rings (SSSR count). The molecule has 0 fully saturated rings. The van der Waals surface area contributed by atoms with Crippen molar-refractivity contribution in [3.8, 4) is 0 Å². The number of carboxylic acid groups (broad SMARTS) is 1. The van der Waals surface area contributed by atoms with Gasteiger partial charge in [-0.1, -0.05) is 46.0 Å². The Labute approximate surface area is 97.0 Å². The van der Waals surface area contributed by atoms with Crippen molar-refractivity contribution in [3.63, 3.8) is 0 Å². The first-order valence-electron chi connectivity index (χ1n) is 6.01. The van der Waals surface area contributed by atoms with E-state index in [1.807, 2.05) is 0 Å². The van der Waals surface area contributed by atoms with E-state index in [0.29, 0.717) is 0 Å². The minimum absolute atomic E-state index is 0.216. The predicted octanol–water partition coefficient (Wildman–Crippen LogP) is 2.61. The zero-order valence-corrected chi connectivity index (χ0v) is 10.2. The number of carbonyl (C=O) groups excluding carboxylic acids is 1. The van der Waals surface area contributed by atoms with Crippen LogP contribution in [0.5, 0.6) is 0 Å². The summed E-state index contributed by atoms with van der Waals surface area (Å²) in [5.41, 5.74) is 0. The molecule has 0 saturated heterocycles. The largest absolute Gasteiger partial charge is 0.473 e. The Morgan fingerprint density at radius 1 is 1.12 bits per heavy atom. The average Bonchev–Trinajstić information content (AvgIpc) is 2.27. The lowest BCUT2D eigenvalue weighted by Crippen LogP contribution is -2.16. The number of carboxylic acids is 1. The van der Waals surface area contributed by atoms with E-state index in [4.69, 9.17) is 5.11 Å². The molecule has 1 N–H and O–H groups in total. The fourth-order valence-corrected chi connectivity index (χ4v) is 1.64. The van der Waals surface area contributed by atoms with Crippen LogP contribution in [0.1, 0.15) is 52.4 Å². The number of ether oxygens (including phenoxy) is 1. The quantitative estimate of drug-likeness (QED) is 0.395. The van der Waals surface area contributed by atoms with Gasteiger partial charge in [-0.25, -0.2) is 9.59 Å². The molecule has 0 aromatic rings. The van der Waals surface area contributed by atoms with Crippen LogP contribution in [0.3, 0.4) is 0 Å². The van der Waals surface area contributed by atoms with Crippen LogP contribution in [0, 0.1) is 5.92 Å². The first-order valence-corrected chi connectivity index (χ1v) is 6.01. The Morgan fingerprint density at radius 2 is 1.75 bits per heavy atom. The van der Waals surface area contributed by atoms with E-state index in [-0.39, 0.29) is 6.61 Å². The van der Waals surface area contributed by atoms with Gasteiger partial charge in [-0.05, 0) is 12.3 Å². The summed E-state index contributed by atoms with van der Waals surface area (Å²) in [4.78, 5) is 20.7. The van der Waals surface area contributed by atoms with Crippen LogP contribution in [0.2, 0.25) is 0 Å². The van der Waals surface area contributed by atoms with E-state index >= 15 is 0 Å². The molecule has 0 aliphatic carbocycles. The minimum atomic E-state index is -1.52. The van der Waals surface area contributed by atoms with Gasteiger partial charge in [0.1, 0.15) is 0 Å². The summed E-state index contributed by atoms with van der Waals surface area (Å²) in [6.07, 6.45) is 6.49. The Kier molecular flexibility index (Phi) is 8.58. The first kappa shape index (κ1) is 14.9. The molecule has 0 aromatic heterocycles. The number of carbonyl (C=O) groups is 2. The van der Waals surface area contributed by atoms with Crippen molar-refractivity contribution in [1.82, 2.24) is 0 Å². The van der Waals surface area contributed by atoms with E-state index in [9.17, 15) is 9.59 Å². The maximum Gasteiger partial charge on any atom is 0.417 e. The van der Waals surface area contributed by atoms with Gasteiger partial charge in [0.05, 0.1) is 6.61 Å². The third-order valence-electron chi connectivity index (χ3n) is 2.82. The van der Waals surface area contributed by atoms with Gasteiger partial charge in [0.25, 0.3) is 0 Å². The van der Waals surface area contributed by atoms with Crippen LogP contribution in [0.4, 0.5) is 0 Å². The van der Waals surface area contributed by atoms with Crippen LogP contribution in [-0.4, -0.2) is 23.7 Å². The van der Waals surface area contributed by atoms with Crippen molar-refractivity contribution in [3.05, 3.63) is 0 Å². The summed E-state index contributed by atoms with van der Waals surface area (Å²) in [5.74, 6) is -1.88. The van der Waals surface area contributed by atoms with Crippen LogP contribution < -0.4 is 0 Å². The molecule has 0 saturated carbocycles. The normalized spacial score (nSPS) is 10.4. The van der Waals surface area contributed by atoms with Crippen LogP contribution in [-0.2, 0) is 14.3 Å². The molecule has 0 amide bonds. The molecule has 0 radical (unpaired) electrons. The average molecular weight is 230 g/mol. The van der Waals surface area contributed by atoms with E-state index in [1.165, 1.54) is 19.3 Å². The van der Waals surface area contributed by atoms with Crippen LogP contribution in [0.15, 0.2) is 0 Å². The van der Waals surface area contributed by atoms with Crippen molar-refractivity contribution in [2.45, 2.75) is 52.4 Å². The zero-order chi connectivity index (χ0) is 12.4. The second-order valence-electron chi connectivity index (χ2n) is 3.97. The molecule has 0 heterocycles. The van der Waals surface area contributed by atoms with Crippen molar-refractivity contribution in [1.29, 1.82) is 0 Å². The van der Waals surface area contributed by atoms with Gasteiger partial charge < -0.3 is 9.84 Å². The van der Waals surface area contributed by atoms with Crippen molar-refractivity contribution in [2.75, 3.05) is 6.61 Å². The second-order valence-corrected chi connectivity index (χ2v) is 3.97. The number of hydrogen-bond donors (Lipinski definition) is 1. The molecule has 4 nitrogen and oxygen atoms in total. The van der Waals surface area contributed by atoms with E-state index < -0.39 is 11.9 Å².